The minimum Gasteiger partial charge on any atom is -0.454 e. The molecule has 0 saturated heterocycles. The molecular formula is C20H24N2O4S. The van der Waals surface area contributed by atoms with E-state index in [1.54, 1.807) is 6.92 Å². The number of ketones is 1. The van der Waals surface area contributed by atoms with Gasteiger partial charge in [-0.1, -0.05) is 0 Å². The summed E-state index contributed by atoms with van der Waals surface area (Å²) >= 11 is 1.33. The molecule has 3 rings (SSSR count). The average molecular weight is 388 g/mol. The Hall–Kier alpha value is -2.41. The van der Waals surface area contributed by atoms with Crippen LogP contribution in [0.3, 0.4) is 0 Å². The highest BCUT2D eigenvalue weighted by Gasteiger charge is 2.29. The van der Waals surface area contributed by atoms with Gasteiger partial charge in [0.2, 0.25) is 11.7 Å². The van der Waals surface area contributed by atoms with Gasteiger partial charge in [0.25, 0.3) is 0 Å². The molecule has 0 unspecified atom stereocenters. The van der Waals surface area contributed by atoms with Gasteiger partial charge in [-0.15, -0.1) is 11.3 Å². The van der Waals surface area contributed by atoms with E-state index in [9.17, 15) is 14.4 Å². The van der Waals surface area contributed by atoms with Crippen LogP contribution in [0.15, 0.2) is 6.07 Å². The van der Waals surface area contributed by atoms with Crippen LogP contribution in [0.25, 0.3) is 0 Å². The van der Waals surface area contributed by atoms with E-state index in [4.69, 9.17) is 4.74 Å². The highest BCUT2D eigenvalue weighted by Crippen LogP contribution is 2.38. The van der Waals surface area contributed by atoms with Crippen molar-refractivity contribution in [3.8, 4) is 0 Å². The van der Waals surface area contributed by atoms with Crippen LogP contribution in [-0.2, 0) is 9.53 Å². The van der Waals surface area contributed by atoms with Gasteiger partial charge in [0.15, 0.2) is 6.61 Å². The quantitative estimate of drug-likeness (QED) is 0.597. The first-order chi connectivity index (χ1) is 12.7. The zero-order chi connectivity index (χ0) is 19.9. The van der Waals surface area contributed by atoms with Crippen molar-refractivity contribution in [2.24, 2.45) is 0 Å². The molecule has 0 atom stereocenters. The van der Waals surface area contributed by atoms with Gasteiger partial charge in [0, 0.05) is 34.8 Å². The normalized spacial score (nSPS) is 13.5. The second-order valence-electron chi connectivity index (χ2n) is 7.05. The molecule has 0 spiro atoms. The molecule has 0 bridgehead atoms. The number of Topliss-reactive ketones (excluding diaryl/α,β-unsaturated/α-hetero) is 1. The van der Waals surface area contributed by atoms with Crippen LogP contribution in [0.1, 0.15) is 68.4 Å². The molecule has 1 fully saturated rings. The largest absolute Gasteiger partial charge is 0.454 e. The van der Waals surface area contributed by atoms with Crippen LogP contribution in [0, 0.1) is 27.7 Å². The second kappa shape index (κ2) is 7.31. The molecule has 1 saturated carbocycles. The fourth-order valence-corrected chi connectivity index (χ4v) is 4.45. The maximum atomic E-state index is 12.6. The first kappa shape index (κ1) is 19.4. The molecule has 1 aliphatic rings. The molecule has 1 N–H and O–H groups in total. The number of ether oxygens (including phenoxy) is 1. The summed E-state index contributed by atoms with van der Waals surface area (Å²) in [6.07, 6.45) is 2.28. The summed E-state index contributed by atoms with van der Waals surface area (Å²) < 4.78 is 7.49. The zero-order valence-electron chi connectivity index (χ0n) is 16.3. The first-order valence-electron chi connectivity index (χ1n) is 8.97. The summed E-state index contributed by atoms with van der Waals surface area (Å²) in [5, 5.41) is 3.13. The molecule has 6 nitrogen and oxygen atoms in total. The van der Waals surface area contributed by atoms with Crippen LogP contribution >= 0.6 is 11.3 Å². The smallest absolute Gasteiger partial charge is 0.341 e. The van der Waals surface area contributed by atoms with Crippen molar-refractivity contribution in [3.63, 3.8) is 0 Å². The third kappa shape index (κ3) is 3.83. The number of thiophene rings is 1. The van der Waals surface area contributed by atoms with E-state index in [-0.39, 0.29) is 18.3 Å². The van der Waals surface area contributed by atoms with Crippen molar-refractivity contribution >= 4 is 34.0 Å². The molecule has 144 valence electrons. The van der Waals surface area contributed by atoms with Crippen molar-refractivity contribution in [1.82, 2.24) is 4.57 Å². The van der Waals surface area contributed by atoms with Gasteiger partial charge < -0.3 is 14.6 Å². The van der Waals surface area contributed by atoms with Crippen LogP contribution in [0.2, 0.25) is 0 Å². The predicted octanol–water partition coefficient (Wildman–Crippen LogP) is 4.12. The fraction of sp³-hybridized carbons (Fsp3) is 0.450. The molecule has 0 radical (unpaired) electrons. The second-order valence-corrected chi connectivity index (χ2v) is 8.28. The van der Waals surface area contributed by atoms with Crippen LogP contribution in [0.4, 0.5) is 5.00 Å². The van der Waals surface area contributed by atoms with Crippen molar-refractivity contribution in [3.05, 3.63) is 39.0 Å². The number of anilines is 1. The molecule has 1 amide bonds. The van der Waals surface area contributed by atoms with Gasteiger partial charge in [-0.3, -0.25) is 9.59 Å². The van der Waals surface area contributed by atoms with E-state index < -0.39 is 5.97 Å². The Kier molecular flexibility index (Phi) is 5.24. The Morgan fingerprint density at radius 2 is 1.89 bits per heavy atom. The van der Waals surface area contributed by atoms with Gasteiger partial charge in [0.1, 0.15) is 5.00 Å². The maximum absolute atomic E-state index is 12.6. The Labute approximate surface area is 162 Å². The van der Waals surface area contributed by atoms with Gasteiger partial charge in [-0.05, 0) is 52.2 Å². The third-order valence-corrected chi connectivity index (χ3v) is 6.03. The monoisotopic (exact) mass is 388 g/mol. The van der Waals surface area contributed by atoms with Gasteiger partial charge in [-0.25, -0.2) is 4.79 Å². The standard InChI is InChI=1S/C20H24N2O4S/c1-10-8-16(12(3)22(10)15-6-7-15)17(24)9-26-20(25)18-11(2)13(4)27-19(18)21-14(5)23/h8,15H,6-7,9H2,1-5H3,(H,21,23). The number of carbonyl (C=O) groups excluding carboxylic acids is 3. The van der Waals surface area contributed by atoms with E-state index in [0.717, 1.165) is 34.7 Å². The summed E-state index contributed by atoms with van der Waals surface area (Å²) in [6, 6.07) is 2.36. The molecule has 27 heavy (non-hydrogen) atoms. The van der Waals surface area contributed by atoms with E-state index in [1.807, 2.05) is 26.8 Å². The van der Waals surface area contributed by atoms with Gasteiger partial charge >= 0.3 is 5.97 Å². The van der Waals surface area contributed by atoms with Gasteiger partial charge in [-0.2, -0.15) is 0 Å². The maximum Gasteiger partial charge on any atom is 0.341 e. The molecule has 0 aromatic carbocycles. The van der Waals surface area contributed by atoms with E-state index in [1.165, 1.54) is 18.3 Å². The summed E-state index contributed by atoms with van der Waals surface area (Å²) in [5.41, 5.74) is 3.67. The molecule has 2 heterocycles. The Bertz CT molecular complexity index is 934. The lowest BCUT2D eigenvalue weighted by Gasteiger charge is -2.09. The lowest BCUT2D eigenvalue weighted by atomic mass is 10.1. The predicted molar refractivity (Wildman–Crippen MR) is 105 cm³/mol. The molecule has 2 aromatic heterocycles. The lowest BCUT2D eigenvalue weighted by Crippen LogP contribution is -2.17. The molecule has 1 aliphatic carbocycles. The van der Waals surface area contributed by atoms with E-state index in [2.05, 4.69) is 9.88 Å². The zero-order valence-corrected chi connectivity index (χ0v) is 17.1. The van der Waals surface area contributed by atoms with Crippen molar-refractivity contribution in [2.75, 3.05) is 11.9 Å². The highest BCUT2D eigenvalue weighted by molar-refractivity contribution is 7.16. The van der Waals surface area contributed by atoms with E-state index >= 15 is 0 Å². The molecule has 0 aliphatic heterocycles. The van der Waals surface area contributed by atoms with Crippen molar-refractivity contribution in [1.29, 1.82) is 0 Å². The topological polar surface area (TPSA) is 77.4 Å². The lowest BCUT2D eigenvalue weighted by molar-refractivity contribution is -0.114. The Balaban J connectivity index is 1.74. The minimum atomic E-state index is -0.593. The summed E-state index contributed by atoms with van der Waals surface area (Å²) in [6.45, 7) is 8.67. The molecule has 2 aromatic rings. The number of nitrogens with one attached hydrogen (secondary N) is 1. The highest BCUT2D eigenvalue weighted by atomic mass is 32.1. The van der Waals surface area contributed by atoms with E-state index in [0.29, 0.717) is 22.2 Å². The molecule has 7 heteroatoms. The summed E-state index contributed by atoms with van der Waals surface area (Å²) in [7, 11) is 0. The number of aromatic nitrogens is 1. The Morgan fingerprint density at radius 1 is 1.22 bits per heavy atom. The Morgan fingerprint density at radius 3 is 2.48 bits per heavy atom. The number of esters is 1. The number of amides is 1. The van der Waals surface area contributed by atoms with Gasteiger partial charge in [0.05, 0.1) is 5.56 Å². The number of hydrogen-bond acceptors (Lipinski definition) is 5. The number of carbonyl (C=O) groups is 3. The fourth-order valence-electron chi connectivity index (χ4n) is 3.36. The minimum absolute atomic E-state index is 0.214. The average Bonchev–Trinajstić information content (AvgIpc) is 3.31. The number of aryl methyl sites for hydroxylation is 2. The first-order valence-corrected chi connectivity index (χ1v) is 9.78. The summed E-state index contributed by atoms with van der Waals surface area (Å²) in [5.74, 6) is -1.06. The number of rotatable bonds is 6. The summed E-state index contributed by atoms with van der Waals surface area (Å²) in [4.78, 5) is 37.5. The van der Waals surface area contributed by atoms with Crippen LogP contribution < -0.4 is 5.32 Å². The van der Waals surface area contributed by atoms with Crippen molar-refractivity contribution in [2.45, 2.75) is 53.5 Å². The SMILES string of the molecule is CC(=O)Nc1sc(C)c(C)c1C(=O)OCC(=O)c1cc(C)n(C2CC2)c1C. The van der Waals surface area contributed by atoms with Crippen molar-refractivity contribution < 1.29 is 19.1 Å². The number of hydrogen-bond donors (Lipinski definition) is 1. The third-order valence-electron chi connectivity index (χ3n) is 4.91. The van der Waals surface area contributed by atoms with Crippen LogP contribution in [-0.4, -0.2) is 28.8 Å². The van der Waals surface area contributed by atoms with Crippen LogP contribution in [0.5, 0.6) is 0 Å². The molecular weight excluding hydrogens is 364 g/mol. The number of nitrogens with zero attached hydrogens (tertiary/aromatic N) is 1.